The molecular formula is C19H28ClF2N3O. The minimum atomic E-state index is -0.810. The Kier molecular flexibility index (Phi) is 7.80. The zero-order valence-corrected chi connectivity index (χ0v) is 16.0. The van der Waals surface area contributed by atoms with Crippen LogP contribution in [-0.4, -0.2) is 43.0 Å². The second-order valence-corrected chi connectivity index (χ2v) is 7.25. The number of piperidine rings is 1. The van der Waals surface area contributed by atoms with Crippen LogP contribution in [0.25, 0.3) is 0 Å². The first-order valence-electron chi connectivity index (χ1n) is 9.24. The molecule has 2 aliphatic heterocycles. The van der Waals surface area contributed by atoms with Gasteiger partial charge in [0.2, 0.25) is 5.91 Å². The molecule has 2 fully saturated rings. The van der Waals surface area contributed by atoms with E-state index in [-0.39, 0.29) is 30.4 Å². The first-order valence-corrected chi connectivity index (χ1v) is 9.24. The molecule has 2 heterocycles. The molecule has 1 amide bonds. The number of benzene rings is 1. The summed E-state index contributed by atoms with van der Waals surface area (Å²) in [4.78, 5) is 14.4. The maximum Gasteiger partial charge on any atom is 0.237 e. The van der Waals surface area contributed by atoms with Gasteiger partial charge in [-0.2, -0.15) is 0 Å². The molecule has 1 aromatic carbocycles. The van der Waals surface area contributed by atoms with Crippen molar-refractivity contribution in [3.8, 4) is 0 Å². The molecular weight excluding hydrogens is 360 g/mol. The summed E-state index contributed by atoms with van der Waals surface area (Å²) in [6.07, 6.45) is 4.10. The summed E-state index contributed by atoms with van der Waals surface area (Å²) in [7, 11) is 0. The van der Waals surface area contributed by atoms with Gasteiger partial charge < -0.3 is 10.6 Å². The van der Waals surface area contributed by atoms with E-state index >= 15 is 0 Å². The van der Waals surface area contributed by atoms with Crippen LogP contribution in [-0.2, 0) is 4.79 Å². The van der Waals surface area contributed by atoms with E-state index in [0.29, 0.717) is 12.5 Å². The Hall–Kier alpha value is -1.24. The van der Waals surface area contributed by atoms with Crippen LogP contribution in [0.1, 0.15) is 44.2 Å². The number of halogens is 3. The van der Waals surface area contributed by atoms with Gasteiger partial charge in [-0.25, -0.2) is 8.78 Å². The molecule has 2 saturated heterocycles. The standard InChI is InChI=1S/C19H27F2N3O.ClH/c1-13(15-6-7-16(20)17(21)10-15)24-9-3-4-14(12-24)11-23-19(25)18-5-2-8-22-18;/h6-7,10,13-14,18,22H,2-5,8-9,11-12H2,1H3,(H,23,25);1H. The highest BCUT2D eigenvalue weighted by molar-refractivity contribution is 5.85. The van der Waals surface area contributed by atoms with E-state index in [0.717, 1.165) is 50.9 Å². The topological polar surface area (TPSA) is 44.4 Å². The van der Waals surface area contributed by atoms with Crippen molar-refractivity contribution in [1.29, 1.82) is 0 Å². The molecule has 0 saturated carbocycles. The third kappa shape index (κ3) is 5.15. The SMILES string of the molecule is CC(c1ccc(F)c(F)c1)N1CCCC(CNC(=O)C2CCCN2)C1.Cl. The van der Waals surface area contributed by atoms with Crippen LogP contribution in [0.5, 0.6) is 0 Å². The zero-order valence-electron chi connectivity index (χ0n) is 15.1. The summed E-state index contributed by atoms with van der Waals surface area (Å²) >= 11 is 0. The smallest absolute Gasteiger partial charge is 0.237 e. The highest BCUT2D eigenvalue weighted by Crippen LogP contribution is 2.27. The Bertz CT molecular complexity index is 610. The van der Waals surface area contributed by atoms with Crippen molar-refractivity contribution in [3.63, 3.8) is 0 Å². The largest absolute Gasteiger partial charge is 0.354 e. The van der Waals surface area contributed by atoms with Crippen molar-refractivity contribution in [1.82, 2.24) is 15.5 Å². The van der Waals surface area contributed by atoms with Crippen LogP contribution >= 0.6 is 12.4 Å². The van der Waals surface area contributed by atoms with Gasteiger partial charge in [0.25, 0.3) is 0 Å². The molecule has 7 heteroatoms. The van der Waals surface area contributed by atoms with Gasteiger partial charge in [-0.05, 0) is 69.3 Å². The van der Waals surface area contributed by atoms with Gasteiger partial charge in [0, 0.05) is 19.1 Å². The number of hydrogen-bond acceptors (Lipinski definition) is 3. The fraction of sp³-hybridized carbons (Fsp3) is 0.632. The molecule has 0 aromatic heterocycles. The van der Waals surface area contributed by atoms with E-state index in [9.17, 15) is 13.6 Å². The highest BCUT2D eigenvalue weighted by Gasteiger charge is 2.27. The molecule has 0 spiro atoms. The first-order chi connectivity index (χ1) is 12.0. The number of amides is 1. The van der Waals surface area contributed by atoms with Crippen LogP contribution in [0, 0.1) is 17.6 Å². The van der Waals surface area contributed by atoms with Crippen molar-refractivity contribution in [2.75, 3.05) is 26.2 Å². The van der Waals surface area contributed by atoms with Gasteiger partial charge in [-0.3, -0.25) is 9.69 Å². The lowest BCUT2D eigenvalue weighted by atomic mass is 9.95. The van der Waals surface area contributed by atoms with Gasteiger partial charge in [0.1, 0.15) is 0 Å². The molecule has 26 heavy (non-hydrogen) atoms. The minimum absolute atomic E-state index is 0. The van der Waals surface area contributed by atoms with Gasteiger partial charge in [0.15, 0.2) is 11.6 Å². The number of carbonyl (C=O) groups excluding carboxylic acids is 1. The summed E-state index contributed by atoms with van der Waals surface area (Å²) in [6, 6.07) is 4.13. The number of nitrogens with one attached hydrogen (secondary N) is 2. The van der Waals surface area contributed by atoms with Crippen molar-refractivity contribution in [3.05, 3.63) is 35.4 Å². The molecule has 0 aliphatic carbocycles. The summed E-state index contributed by atoms with van der Waals surface area (Å²) in [5.41, 5.74) is 0.791. The zero-order chi connectivity index (χ0) is 17.8. The molecule has 0 bridgehead atoms. The van der Waals surface area contributed by atoms with E-state index in [1.807, 2.05) is 6.92 Å². The van der Waals surface area contributed by atoms with Crippen LogP contribution in [0.4, 0.5) is 8.78 Å². The third-order valence-corrected chi connectivity index (χ3v) is 5.47. The summed E-state index contributed by atoms with van der Waals surface area (Å²) < 4.78 is 26.6. The average Bonchev–Trinajstić information content (AvgIpc) is 3.16. The molecule has 3 atom stereocenters. The third-order valence-electron chi connectivity index (χ3n) is 5.47. The average molecular weight is 388 g/mol. The molecule has 3 unspecified atom stereocenters. The van der Waals surface area contributed by atoms with Crippen LogP contribution in [0.15, 0.2) is 18.2 Å². The van der Waals surface area contributed by atoms with Crippen molar-refractivity contribution < 1.29 is 13.6 Å². The predicted octanol–water partition coefficient (Wildman–Crippen LogP) is 3.03. The van der Waals surface area contributed by atoms with Gasteiger partial charge in [0.05, 0.1) is 6.04 Å². The van der Waals surface area contributed by atoms with Crippen LogP contribution in [0.2, 0.25) is 0 Å². The second-order valence-electron chi connectivity index (χ2n) is 7.25. The highest BCUT2D eigenvalue weighted by atomic mass is 35.5. The summed E-state index contributed by atoms with van der Waals surface area (Å²) in [5, 5.41) is 6.29. The summed E-state index contributed by atoms with van der Waals surface area (Å²) in [6.45, 7) is 5.42. The van der Waals surface area contributed by atoms with Gasteiger partial charge in [-0.1, -0.05) is 6.07 Å². The van der Waals surface area contributed by atoms with Crippen molar-refractivity contribution in [2.24, 2.45) is 5.92 Å². The Labute approximate surface area is 160 Å². The number of hydrogen-bond donors (Lipinski definition) is 2. The minimum Gasteiger partial charge on any atom is -0.354 e. The predicted molar refractivity (Wildman–Crippen MR) is 100 cm³/mol. The fourth-order valence-electron chi connectivity index (χ4n) is 3.88. The van der Waals surface area contributed by atoms with Crippen molar-refractivity contribution >= 4 is 18.3 Å². The number of nitrogens with zero attached hydrogens (tertiary/aromatic N) is 1. The Morgan fingerprint density at radius 2 is 2.12 bits per heavy atom. The first kappa shape index (κ1) is 21.1. The van der Waals surface area contributed by atoms with Crippen molar-refractivity contribution in [2.45, 2.75) is 44.7 Å². The second kappa shape index (κ2) is 9.62. The normalized spacial score (nSPS) is 24.7. The van der Waals surface area contributed by atoms with E-state index in [4.69, 9.17) is 0 Å². The van der Waals surface area contributed by atoms with E-state index in [1.165, 1.54) is 12.1 Å². The van der Waals surface area contributed by atoms with Crippen LogP contribution < -0.4 is 10.6 Å². The summed E-state index contributed by atoms with van der Waals surface area (Å²) in [5.74, 6) is -1.11. The van der Waals surface area contributed by atoms with E-state index in [1.54, 1.807) is 6.07 Å². The Morgan fingerprint density at radius 3 is 2.81 bits per heavy atom. The maximum absolute atomic E-state index is 13.5. The Morgan fingerprint density at radius 1 is 1.31 bits per heavy atom. The number of carbonyl (C=O) groups is 1. The molecule has 3 rings (SSSR count). The number of likely N-dealkylation sites (tertiary alicyclic amines) is 1. The lowest BCUT2D eigenvalue weighted by Crippen LogP contribution is -2.45. The lowest BCUT2D eigenvalue weighted by molar-refractivity contribution is -0.123. The molecule has 1 aromatic rings. The Balaban J connectivity index is 0.00000243. The fourth-order valence-corrected chi connectivity index (χ4v) is 3.88. The molecule has 146 valence electrons. The molecule has 0 radical (unpaired) electrons. The lowest BCUT2D eigenvalue weighted by Gasteiger charge is -2.37. The van der Waals surface area contributed by atoms with Gasteiger partial charge >= 0.3 is 0 Å². The van der Waals surface area contributed by atoms with E-state index < -0.39 is 11.6 Å². The molecule has 4 nitrogen and oxygen atoms in total. The quantitative estimate of drug-likeness (QED) is 0.816. The number of rotatable bonds is 5. The maximum atomic E-state index is 13.5. The molecule has 2 aliphatic rings. The van der Waals surface area contributed by atoms with Gasteiger partial charge in [-0.15, -0.1) is 12.4 Å². The molecule has 2 N–H and O–H groups in total. The monoisotopic (exact) mass is 387 g/mol. The van der Waals surface area contributed by atoms with E-state index in [2.05, 4.69) is 15.5 Å². The van der Waals surface area contributed by atoms with Crippen LogP contribution in [0.3, 0.4) is 0 Å².